The van der Waals surface area contributed by atoms with E-state index in [9.17, 15) is 13.2 Å². The maximum atomic E-state index is 11.4. The molecule has 1 aromatic rings. The molecule has 1 radical (unpaired) electrons. The third-order valence-corrected chi connectivity index (χ3v) is 0.738. The van der Waals surface area contributed by atoms with Crippen LogP contribution in [0.5, 0.6) is 5.75 Å². The summed E-state index contributed by atoms with van der Waals surface area (Å²) in [6.07, 6.45) is -2.34. The summed E-state index contributed by atoms with van der Waals surface area (Å²) >= 11 is 0. The Kier molecular flexibility index (Phi) is 1.57. The zero-order valence-electron chi connectivity index (χ0n) is 4.70. The first-order valence-corrected chi connectivity index (χ1v) is 2.38. The molecule has 10 heavy (non-hydrogen) atoms. The number of hydrogen-bond acceptors (Lipinski definition) is 1. The number of aromatic amines is 1. The van der Waals surface area contributed by atoms with Crippen molar-refractivity contribution in [2.45, 2.75) is 6.36 Å². The maximum Gasteiger partial charge on any atom is 0.573 e. The van der Waals surface area contributed by atoms with Gasteiger partial charge in [0, 0.05) is 18.5 Å². The van der Waals surface area contributed by atoms with E-state index in [0.717, 1.165) is 6.20 Å². The van der Waals surface area contributed by atoms with Crippen LogP contribution < -0.4 is 4.74 Å². The van der Waals surface area contributed by atoms with Gasteiger partial charge in [-0.05, 0) is 0 Å². The topological polar surface area (TPSA) is 25.0 Å². The molecule has 0 bridgehead atoms. The minimum atomic E-state index is -4.63. The molecular formula is C5H3F3NO. The summed E-state index contributed by atoms with van der Waals surface area (Å²) in [5.74, 6) is -0.354. The summed E-state index contributed by atoms with van der Waals surface area (Å²) in [7, 11) is 0. The number of aromatic nitrogens is 1. The molecule has 1 heterocycles. The fourth-order valence-electron chi connectivity index (χ4n) is 0.455. The first-order valence-electron chi connectivity index (χ1n) is 2.38. The Hall–Kier alpha value is -1.13. The Morgan fingerprint density at radius 3 is 2.60 bits per heavy atom. The second-order valence-electron chi connectivity index (χ2n) is 1.51. The first-order chi connectivity index (χ1) is 4.58. The van der Waals surface area contributed by atoms with Gasteiger partial charge in [0.15, 0.2) is 5.75 Å². The normalized spacial score (nSPS) is 11.5. The highest BCUT2D eigenvalue weighted by Crippen LogP contribution is 2.20. The Labute approximate surface area is 54.6 Å². The molecule has 0 aromatic carbocycles. The Bertz CT molecular complexity index is 191. The van der Waals surface area contributed by atoms with Gasteiger partial charge in [0.25, 0.3) is 0 Å². The van der Waals surface area contributed by atoms with E-state index in [0.29, 0.717) is 0 Å². The van der Waals surface area contributed by atoms with Crippen LogP contribution in [0.2, 0.25) is 0 Å². The van der Waals surface area contributed by atoms with E-state index >= 15 is 0 Å². The predicted molar refractivity (Wildman–Crippen MR) is 26.3 cm³/mol. The van der Waals surface area contributed by atoms with Crippen molar-refractivity contribution in [2.75, 3.05) is 0 Å². The van der Waals surface area contributed by atoms with E-state index in [-0.39, 0.29) is 5.75 Å². The molecule has 1 aromatic heterocycles. The van der Waals surface area contributed by atoms with Crippen molar-refractivity contribution in [1.29, 1.82) is 0 Å². The van der Waals surface area contributed by atoms with Gasteiger partial charge in [-0.2, -0.15) is 0 Å². The highest BCUT2D eigenvalue weighted by atomic mass is 19.4. The van der Waals surface area contributed by atoms with Crippen LogP contribution in [-0.4, -0.2) is 11.3 Å². The second kappa shape index (κ2) is 2.24. The molecule has 2 nitrogen and oxygen atoms in total. The average molecular weight is 150 g/mol. The molecule has 5 heteroatoms. The van der Waals surface area contributed by atoms with E-state index in [2.05, 4.69) is 15.8 Å². The van der Waals surface area contributed by atoms with E-state index in [1.807, 2.05) is 0 Å². The summed E-state index contributed by atoms with van der Waals surface area (Å²) in [5, 5.41) is 0. The lowest BCUT2D eigenvalue weighted by atomic mass is 10.6. The number of ether oxygens (including phenoxy) is 1. The van der Waals surface area contributed by atoms with Crippen molar-refractivity contribution in [2.24, 2.45) is 0 Å². The predicted octanol–water partition coefficient (Wildman–Crippen LogP) is 1.71. The van der Waals surface area contributed by atoms with Crippen molar-refractivity contribution in [3.05, 3.63) is 18.5 Å². The van der Waals surface area contributed by atoms with Gasteiger partial charge in [0.05, 0.1) is 0 Å². The Morgan fingerprint density at radius 1 is 1.50 bits per heavy atom. The molecular weight excluding hydrogens is 147 g/mol. The molecule has 0 unspecified atom stereocenters. The average Bonchev–Trinajstić information content (AvgIpc) is 2.12. The lowest BCUT2D eigenvalue weighted by Gasteiger charge is -2.04. The minimum Gasteiger partial charge on any atom is -0.404 e. The first kappa shape index (κ1) is 6.98. The van der Waals surface area contributed by atoms with Gasteiger partial charge >= 0.3 is 6.36 Å². The number of nitrogens with one attached hydrogen (secondary N) is 1. The lowest BCUT2D eigenvalue weighted by molar-refractivity contribution is -0.274. The van der Waals surface area contributed by atoms with Gasteiger partial charge < -0.3 is 9.72 Å². The summed E-state index contributed by atoms with van der Waals surface area (Å²) in [6.45, 7) is 0. The summed E-state index contributed by atoms with van der Waals surface area (Å²) in [6, 6.07) is 2.20. The number of rotatable bonds is 1. The number of H-pyrrole nitrogens is 1. The summed E-state index contributed by atoms with van der Waals surface area (Å²) < 4.78 is 37.5. The van der Waals surface area contributed by atoms with Crippen LogP contribution >= 0.6 is 0 Å². The molecule has 1 N–H and O–H groups in total. The van der Waals surface area contributed by atoms with E-state index in [4.69, 9.17) is 0 Å². The molecule has 0 aliphatic rings. The van der Waals surface area contributed by atoms with Crippen molar-refractivity contribution in [1.82, 2.24) is 4.98 Å². The Balaban J connectivity index is 2.57. The third kappa shape index (κ3) is 2.00. The number of hydrogen-bond donors (Lipinski definition) is 1. The van der Waals surface area contributed by atoms with Gasteiger partial charge in [-0.1, -0.05) is 0 Å². The van der Waals surface area contributed by atoms with Crippen molar-refractivity contribution in [3.8, 4) is 5.75 Å². The molecule has 0 atom stereocenters. The van der Waals surface area contributed by atoms with Crippen molar-refractivity contribution >= 4 is 0 Å². The molecule has 0 saturated heterocycles. The molecule has 0 aliphatic carbocycles. The van der Waals surface area contributed by atoms with Gasteiger partial charge in [0.2, 0.25) is 0 Å². The third-order valence-electron chi connectivity index (χ3n) is 0.738. The summed E-state index contributed by atoms with van der Waals surface area (Å²) in [5.41, 5.74) is 0. The lowest BCUT2D eigenvalue weighted by Crippen LogP contribution is -2.16. The molecule has 0 aliphatic heterocycles. The van der Waals surface area contributed by atoms with E-state index < -0.39 is 6.36 Å². The van der Waals surface area contributed by atoms with Crippen LogP contribution in [0.25, 0.3) is 0 Å². The van der Waals surface area contributed by atoms with Crippen LogP contribution in [0.15, 0.2) is 12.4 Å². The fourth-order valence-corrected chi connectivity index (χ4v) is 0.455. The van der Waals surface area contributed by atoms with Crippen LogP contribution in [0.1, 0.15) is 0 Å². The zero-order chi connectivity index (χ0) is 7.61. The Morgan fingerprint density at radius 2 is 2.20 bits per heavy atom. The highest BCUT2D eigenvalue weighted by Gasteiger charge is 2.31. The van der Waals surface area contributed by atoms with Crippen LogP contribution in [0, 0.1) is 6.07 Å². The zero-order valence-corrected chi connectivity index (χ0v) is 4.70. The maximum absolute atomic E-state index is 11.4. The standard InChI is InChI=1S/C5H3F3NO/c6-5(7,8)10-4-1-2-9-3-4/h2-3,9H. The molecule has 55 valence electrons. The van der Waals surface area contributed by atoms with Gasteiger partial charge in [-0.15, -0.1) is 13.2 Å². The smallest absolute Gasteiger partial charge is 0.404 e. The second-order valence-corrected chi connectivity index (χ2v) is 1.51. The van der Waals surface area contributed by atoms with Gasteiger partial charge in [0.1, 0.15) is 0 Å². The molecule has 0 saturated carbocycles. The molecule has 0 amide bonds. The number of halogens is 3. The highest BCUT2D eigenvalue weighted by molar-refractivity contribution is 5.13. The minimum absolute atomic E-state index is 0.354. The van der Waals surface area contributed by atoms with Gasteiger partial charge in [-0.25, -0.2) is 0 Å². The van der Waals surface area contributed by atoms with Crippen LogP contribution in [0.4, 0.5) is 13.2 Å². The molecule has 0 spiro atoms. The summed E-state index contributed by atoms with van der Waals surface area (Å²) in [4.78, 5) is 2.37. The molecule has 0 fully saturated rings. The van der Waals surface area contributed by atoms with Crippen molar-refractivity contribution in [3.63, 3.8) is 0 Å². The number of alkyl halides is 3. The molecule has 1 rings (SSSR count). The fraction of sp³-hybridized carbons (Fsp3) is 0.200. The van der Waals surface area contributed by atoms with Gasteiger partial charge in [-0.3, -0.25) is 0 Å². The van der Waals surface area contributed by atoms with E-state index in [1.54, 1.807) is 0 Å². The quantitative estimate of drug-likeness (QED) is 0.647. The van der Waals surface area contributed by atoms with Crippen LogP contribution in [-0.2, 0) is 0 Å². The monoisotopic (exact) mass is 150 g/mol. The van der Waals surface area contributed by atoms with Crippen molar-refractivity contribution < 1.29 is 17.9 Å². The SMILES string of the molecule is FC(F)(F)Oc1[c]c[nH]c1. The van der Waals surface area contributed by atoms with E-state index in [1.165, 1.54) is 6.20 Å². The largest absolute Gasteiger partial charge is 0.573 e. The van der Waals surface area contributed by atoms with Crippen LogP contribution in [0.3, 0.4) is 0 Å².